The van der Waals surface area contributed by atoms with Crippen LogP contribution in [0.5, 0.6) is 5.75 Å². The van der Waals surface area contributed by atoms with Crippen LogP contribution in [0.4, 0.5) is 0 Å². The maximum Gasteiger partial charge on any atom is 0.251 e. The van der Waals surface area contributed by atoms with Crippen LogP contribution in [-0.4, -0.2) is 115 Å². The van der Waals surface area contributed by atoms with E-state index in [1.54, 1.807) is 12.4 Å². The molecule has 18 heteroatoms. The smallest absolute Gasteiger partial charge is 0.251 e. The number of aromatic nitrogens is 2. The number of ether oxygens (including phenoxy) is 2. The van der Waals surface area contributed by atoms with Crippen LogP contribution in [-0.2, 0) is 36.8 Å². The van der Waals surface area contributed by atoms with Crippen molar-refractivity contribution in [2.75, 3.05) is 6.61 Å². The number of aliphatic hydroxyl groups is 4. The zero-order valence-electron chi connectivity index (χ0n) is 31.0. The third-order valence-corrected chi connectivity index (χ3v) is 10.0. The van der Waals surface area contributed by atoms with Gasteiger partial charge in [-0.25, -0.2) is 0 Å². The summed E-state index contributed by atoms with van der Waals surface area (Å²) >= 11 is 0. The van der Waals surface area contributed by atoms with Crippen molar-refractivity contribution >= 4 is 51.3 Å². The number of aliphatic hydroxyl groups excluding tert-OH is 4. The van der Waals surface area contributed by atoms with Crippen molar-refractivity contribution in [2.24, 2.45) is 11.5 Å². The first-order valence-electron chi connectivity index (χ1n) is 18.5. The molecule has 8 atom stereocenters. The van der Waals surface area contributed by atoms with E-state index in [2.05, 4.69) is 25.9 Å². The fourth-order valence-corrected chi connectivity index (χ4v) is 6.80. The van der Waals surface area contributed by atoms with E-state index < -0.39 is 85.0 Å². The highest BCUT2D eigenvalue weighted by Gasteiger charge is 2.44. The molecule has 13 N–H and O–H groups in total. The molecule has 0 radical (unpaired) electrons. The lowest BCUT2D eigenvalue weighted by molar-refractivity contribution is -0.277. The summed E-state index contributed by atoms with van der Waals surface area (Å²) in [5, 5.41) is 49.6. The number of nitrogens with one attached hydrogen (secondary N) is 5. The Morgan fingerprint density at radius 1 is 0.707 bits per heavy atom. The average molecular weight is 800 g/mol. The summed E-state index contributed by atoms with van der Waals surface area (Å²) in [6.45, 7) is -0.645. The number of fused-ring (bicyclic) bond motifs is 2. The molecule has 306 valence electrons. The number of carbonyl (C=O) groups excluding carboxylic acids is 5. The van der Waals surface area contributed by atoms with Crippen molar-refractivity contribution in [3.63, 3.8) is 0 Å². The number of nitrogens with two attached hydrogens (primary N) is 2. The molecule has 3 aromatic carbocycles. The molecule has 1 aliphatic rings. The Labute approximate surface area is 330 Å². The molecule has 5 aromatic rings. The van der Waals surface area contributed by atoms with Crippen LogP contribution in [0.1, 0.15) is 34.3 Å². The van der Waals surface area contributed by atoms with Crippen molar-refractivity contribution < 1.29 is 53.9 Å². The second kappa shape index (κ2) is 18.3. The maximum absolute atomic E-state index is 14.1. The van der Waals surface area contributed by atoms with E-state index in [-0.39, 0.29) is 37.0 Å². The molecular formula is C40H45N7O11. The molecule has 1 saturated heterocycles. The summed E-state index contributed by atoms with van der Waals surface area (Å²) < 4.78 is 11.0. The summed E-state index contributed by atoms with van der Waals surface area (Å²) in [7, 11) is 0. The molecule has 1 aliphatic heterocycles. The van der Waals surface area contributed by atoms with Gasteiger partial charge in [0.15, 0.2) is 0 Å². The van der Waals surface area contributed by atoms with Crippen LogP contribution in [0.15, 0.2) is 85.2 Å². The van der Waals surface area contributed by atoms with Gasteiger partial charge >= 0.3 is 0 Å². The number of hydrogen-bond donors (Lipinski definition) is 11. The van der Waals surface area contributed by atoms with Crippen LogP contribution in [0.3, 0.4) is 0 Å². The Morgan fingerprint density at radius 2 is 1.26 bits per heavy atom. The Balaban J connectivity index is 1.19. The number of para-hydroxylation sites is 2. The topological polar surface area (TPSA) is 304 Å². The first-order valence-corrected chi connectivity index (χ1v) is 18.5. The normalized spacial score (nSPS) is 20.8. The van der Waals surface area contributed by atoms with Crippen LogP contribution < -0.4 is 32.2 Å². The molecule has 0 spiro atoms. The monoisotopic (exact) mass is 799 g/mol. The minimum absolute atomic E-state index is 0.0332. The van der Waals surface area contributed by atoms with Crippen LogP contribution in [0.2, 0.25) is 0 Å². The molecule has 0 bridgehead atoms. The molecule has 0 unspecified atom stereocenters. The Kier molecular flexibility index (Phi) is 13.0. The number of benzene rings is 3. The quantitative estimate of drug-likeness (QED) is 0.0550. The maximum atomic E-state index is 14.1. The number of carbonyl (C=O) groups is 5. The summed E-state index contributed by atoms with van der Waals surface area (Å²) in [6, 6.07) is 16.4. The zero-order valence-corrected chi connectivity index (χ0v) is 31.0. The van der Waals surface area contributed by atoms with Gasteiger partial charge < -0.3 is 67.3 Å². The SMILES string of the molecule is NC(=O)CC[C@H](NC(=O)[C@H](Cc1c[nH]c2ccccc12)NC(=O)c1ccc(O[C@@H]2O[C@H](CO)[C@H](O)[C@H](O)[C@H]2O)cc1)C(=O)N[C@@H](Cc1c[nH]c2ccccc12)C(N)=O. The lowest BCUT2D eigenvalue weighted by Gasteiger charge is -2.39. The average Bonchev–Trinajstić information content (AvgIpc) is 3.82. The van der Waals surface area contributed by atoms with Gasteiger partial charge in [0.1, 0.15) is 48.3 Å². The minimum Gasteiger partial charge on any atom is -0.462 e. The standard InChI is InChI=1S/C40H45N7O11/c41-32(49)14-13-28(38(55)46-29(36(42)53)15-21-17-43-26-7-3-1-5-24(21)26)45-39(56)30(16-22-18-44-27-8-4-2-6-25(22)27)47-37(54)20-9-11-23(12-10-20)57-40-35(52)34(51)33(50)31(19-48)58-40/h1-12,17-18,28-31,33-35,40,43-44,48,50-52H,13-16,19H2,(H2,41,49)(H2,42,53)(H,45,56)(H,46,55)(H,47,54)/t28-,29-,30-,31+,33-,34-,35+,40+/m0/s1. The number of H-pyrrole nitrogens is 2. The van der Waals surface area contributed by atoms with Crippen molar-refractivity contribution in [3.8, 4) is 5.75 Å². The van der Waals surface area contributed by atoms with E-state index >= 15 is 0 Å². The molecule has 6 rings (SSSR count). The summed E-state index contributed by atoms with van der Waals surface area (Å²) in [6.07, 6.45) is -4.64. The third-order valence-electron chi connectivity index (χ3n) is 10.0. The number of aromatic amines is 2. The molecule has 2 aromatic heterocycles. The van der Waals surface area contributed by atoms with Crippen LogP contribution in [0, 0.1) is 0 Å². The Morgan fingerprint density at radius 3 is 1.83 bits per heavy atom. The molecular weight excluding hydrogens is 754 g/mol. The van der Waals surface area contributed by atoms with E-state index in [9.17, 15) is 44.4 Å². The molecule has 1 fully saturated rings. The van der Waals surface area contributed by atoms with Gasteiger partial charge in [-0.05, 0) is 53.9 Å². The summed E-state index contributed by atoms with van der Waals surface area (Å²) in [5.74, 6) is -3.72. The highest BCUT2D eigenvalue weighted by atomic mass is 16.7. The lowest BCUT2D eigenvalue weighted by Crippen LogP contribution is -2.60. The molecule has 0 saturated carbocycles. The van der Waals surface area contributed by atoms with Crippen molar-refractivity contribution in [1.82, 2.24) is 25.9 Å². The first-order chi connectivity index (χ1) is 27.8. The first kappa shape index (κ1) is 41.3. The predicted octanol–water partition coefficient (Wildman–Crippen LogP) is -0.868. The van der Waals surface area contributed by atoms with Crippen molar-refractivity contribution in [3.05, 3.63) is 102 Å². The van der Waals surface area contributed by atoms with Crippen molar-refractivity contribution in [1.29, 1.82) is 0 Å². The largest absolute Gasteiger partial charge is 0.462 e. The fourth-order valence-electron chi connectivity index (χ4n) is 6.80. The molecule has 5 amide bonds. The summed E-state index contributed by atoms with van der Waals surface area (Å²) in [5.41, 5.74) is 14.2. The van der Waals surface area contributed by atoms with E-state index in [1.807, 2.05) is 48.5 Å². The number of hydrogen-bond acceptors (Lipinski definition) is 11. The zero-order chi connectivity index (χ0) is 41.5. The van der Waals surface area contributed by atoms with Gasteiger partial charge in [-0.1, -0.05) is 36.4 Å². The van der Waals surface area contributed by atoms with E-state index in [1.165, 1.54) is 24.3 Å². The van der Waals surface area contributed by atoms with Crippen LogP contribution in [0.25, 0.3) is 21.8 Å². The predicted molar refractivity (Wildman–Crippen MR) is 208 cm³/mol. The van der Waals surface area contributed by atoms with E-state index in [0.717, 1.165) is 21.8 Å². The summed E-state index contributed by atoms with van der Waals surface area (Å²) in [4.78, 5) is 72.2. The Hall–Kier alpha value is -6.31. The molecule has 3 heterocycles. The highest BCUT2D eigenvalue weighted by Crippen LogP contribution is 2.25. The van der Waals surface area contributed by atoms with Gasteiger partial charge in [-0.15, -0.1) is 0 Å². The second-order valence-electron chi connectivity index (χ2n) is 14.0. The van der Waals surface area contributed by atoms with Gasteiger partial charge in [0.05, 0.1) is 6.61 Å². The van der Waals surface area contributed by atoms with E-state index in [4.69, 9.17) is 20.9 Å². The second-order valence-corrected chi connectivity index (χ2v) is 14.0. The molecule has 0 aliphatic carbocycles. The van der Waals surface area contributed by atoms with Crippen molar-refractivity contribution in [2.45, 2.75) is 74.5 Å². The number of amides is 5. The Bertz CT molecular complexity index is 2260. The lowest BCUT2D eigenvalue weighted by atomic mass is 9.99. The van der Waals surface area contributed by atoms with E-state index in [0.29, 0.717) is 11.1 Å². The molecule has 18 nitrogen and oxygen atoms in total. The van der Waals surface area contributed by atoms with Gasteiger partial charge in [-0.3, -0.25) is 24.0 Å². The number of rotatable bonds is 17. The third kappa shape index (κ3) is 9.61. The van der Waals surface area contributed by atoms with Gasteiger partial charge in [0, 0.05) is 59.0 Å². The molecule has 58 heavy (non-hydrogen) atoms. The van der Waals surface area contributed by atoms with Gasteiger partial charge in [0.2, 0.25) is 29.9 Å². The minimum atomic E-state index is -1.66. The highest BCUT2D eigenvalue weighted by molar-refractivity contribution is 5.99. The van der Waals surface area contributed by atoms with Gasteiger partial charge in [-0.2, -0.15) is 0 Å². The van der Waals surface area contributed by atoms with Crippen LogP contribution >= 0.6 is 0 Å². The fraction of sp³-hybridized carbons (Fsp3) is 0.325. The van der Waals surface area contributed by atoms with Gasteiger partial charge in [0.25, 0.3) is 5.91 Å². The number of primary amides is 2.